The van der Waals surface area contributed by atoms with E-state index in [4.69, 9.17) is 0 Å². The van der Waals surface area contributed by atoms with Gasteiger partial charge in [0, 0.05) is 48.8 Å². The first-order valence-corrected chi connectivity index (χ1v) is 9.27. The molecule has 2 heterocycles. The summed E-state index contributed by atoms with van der Waals surface area (Å²) in [6.07, 6.45) is 4.55. The van der Waals surface area contributed by atoms with Crippen LogP contribution in [0, 0.1) is 5.82 Å². The molecule has 0 unspecified atom stereocenters. The molecule has 5 nitrogen and oxygen atoms in total. The fourth-order valence-electron chi connectivity index (χ4n) is 3.39. The monoisotopic (exact) mass is 375 g/mol. The molecule has 4 rings (SSSR count). The van der Waals surface area contributed by atoms with Crippen molar-refractivity contribution in [3.63, 3.8) is 0 Å². The van der Waals surface area contributed by atoms with Crippen LogP contribution < -0.4 is 10.6 Å². The van der Waals surface area contributed by atoms with Gasteiger partial charge in [-0.15, -0.1) is 0 Å². The zero-order chi connectivity index (χ0) is 19.3. The SMILES string of the molecule is CN=C(NCCc1c[nH]c2cc(F)ccc12)NCc1cccc2cccnc12. The molecule has 0 aliphatic heterocycles. The average molecular weight is 375 g/mol. The Kier molecular flexibility index (Phi) is 5.19. The molecule has 0 atom stereocenters. The lowest BCUT2D eigenvalue weighted by Gasteiger charge is -2.12. The van der Waals surface area contributed by atoms with E-state index in [9.17, 15) is 4.39 Å². The molecule has 0 saturated carbocycles. The van der Waals surface area contributed by atoms with Gasteiger partial charge in [0.25, 0.3) is 0 Å². The second-order valence-electron chi connectivity index (χ2n) is 6.60. The molecule has 0 aliphatic rings. The van der Waals surface area contributed by atoms with Gasteiger partial charge in [0.2, 0.25) is 0 Å². The van der Waals surface area contributed by atoms with Crippen LogP contribution in [0.15, 0.2) is 65.9 Å². The lowest BCUT2D eigenvalue weighted by atomic mass is 10.1. The molecular formula is C22H22FN5. The number of H-pyrrole nitrogens is 1. The Balaban J connectivity index is 1.36. The normalized spacial score (nSPS) is 11.9. The molecule has 0 spiro atoms. The maximum atomic E-state index is 13.3. The zero-order valence-corrected chi connectivity index (χ0v) is 15.7. The van der Waals surface area contributed by atoms with E-state index in [1.807, 2.05) is 30.6 Å². The van der Waals surface area contributed by atoms with E-state index in [-0.39, 0.29) is 5.82 Å². The first-order valence-electron chi connectivity index (χ1n) is 9.27. The number of hydrogen-bond donors (Lipinski definition) is 3. The van der Waals surface area contributed by atoms with E-state index in [1.54, 1.807) is 7.05 Å². The minimum atomic E-state index is -0.230. The van der Waals surface area contributed by atoms with Gasteiger partial charge in [-0.05, 0) is 41.8 Å². The molecule has 2 aromatic carbocycles. The quantitative estimate of drug-likeness (QED) is 0.368. The van der Waals surface area contributed by atoms with Crippen LogP contribution in [0.2, 0.25) is 0 Å². The van der Waals surface area contributed by atoms with Crippen molar-refractivity contribution in [3.8, 4) is 0 Å². The van der Waals surface area contributed by atoms with Gasteiger partial charge in [-0.25, -0.2) is 4.39 Å². The number of para-hydroxylation sites is 1. The van der Waals surface area contributed by atoms with Gasteiger partial charge in [-0.2, -0.15) is 0 Å². The number of aliphatic imine (C=N–C) groups is 1. The predicted octanol–water partition coefficient (Wildman–Crippen LogP) is 3.76. The lowest BCUT2D eigenvalue weighted by molar-refractivity contribution is 0.629. The Hall–Kier alpha value is -3.41. The first-order chi connectivity index (χ1) is 13.7. The third-order valence-electron chi connectivity index (χ3n) is 4.80. The molecule has 0 aliphatic carbocycles. The molecule has 6 heteroatoms. The Morgan fingerprint density at radius 3 is 2.89 bits per heavy atom. The Labute approximate surface area is 162 Å². The van der Waals surface area contributed by atoms with Crippen molar-refractivity contribution >= 4 is 27.8 Å². The van der Waals surface area contributed by atoms with Crippen LogP contribution in [0.1, 0.15) is 11.1 Å². The molecule has 28 heavy (non-hydrogen) atoms. The fourth-order valence-corrected chi connectivity index (χ4v) is 3.39. The van der Waals surface area contributed by atoms with Gasteiger partial charge in [0.05, 0.1) is 5.52 Å². The number of rotatable bonds is 5. The van der Waals surface area contributed by atoms with E-state index < -0.39 is 0 Å². The molecule has 4 aromatic rings. The molecular weight excluding hydrogens is 353 g/mol. The standard InChI is InChI=1S/C22H22FN5/c1-24-22(28-14-17-5-2-4-15-6-3-10-25-21(15)17)26-11-9-16-13-27-20-12-18(23)7-8-19(16)20/h2-8,10,12-13,27H,9,11,14H2,1H3,(H2,24,26,28). The summed E-state index contributed by atoms with van der Waals surface area (Å²) >= 11 is 0. The van der Waals surface area contributed by atoms with Crippen LogP contribution in [0.25, 0.3) is 21.8 Å². The maximum Gasteiger partial charge on any atom is 0.191 e. The van der Waals surface area contributed by atoms with Crippen molar-refractivity contribution < 1.29 is 4.39 Å². The third kappa shape index (κ3) is 3.81. The minimum Gasteiger partial charge on any atom is -0.361 e. The largest absolute Gasteiger partial charge is 0.361 e. The van der Waals surface area contributed by atoms with E-state index in [0.717, 1.165) is 51.9 Å². The smallest absolute Gasteiger partial charge is 0.191 e. The van der Waals surface area contributed by atoms with Crippen molar-refractivity contribution in [1.82, 2.24) is 20.6 Å². The number of benzene rings is 2. The summed E-state index contributed by atoms with van der Waals surface area (Å²) in [7, 11) is 1.76. The van der Waals surface area contributed by atoms with Crippen LogP contribution in [0.5, 0.6) is 0 Å². The van der Waals surface area contributed by atoms with Gasteiger partial charge >= 0.3 is 0 Å². The van der Waals surface area contributed by atoms with Gasteiger partial charge in [-0.1, -0.05) is 24.3 Å². The van der Waals surface area contributed by atoms with Gasteiger partial charge in [0.1, 0.15) is 5.82 Å². The number of fused-ring (bicyclic) bond motifs is 2. The second kappa shape index (κ2) is 8.08. The van der Waals surface area contributed by atoms with E-state index in [2.05, 4.69) is 43.8 Å². The highest BCUT2D eigenvalue weighted by Gasteiger charge is 2.06. The summed E-state index contributed by atoms with van der Waals surface area (Å²) in [6, 6.07) is 15.0. The van der Waals surface area contributed by atoms with Gasteiger partial charge < -0.3 is 15.6 Å². The van der Waals surface area contributed by atoms with E-state index >= 15 is 0 Å². The number of guanidine groups is 1. The molecule has 0 saturated heterocycles. The number of aromatic nitrogens is 2. The second-order valence-corrected chi connectivity index (χ2v) is 6.60. The summed E-state index contributed by atoms with van der Waals surface area (Å²) in [5.41, 5.74) is 4.09. The molecule has 0 amide bonds. The van der Waals surface area contributed by atoms with E-state index in [1.165, 1.54) is 12.1 Å². The molecule has 0 bridgehead atoms. The van der Waals surface area contributed by atoms with Crippen LogP contribution in [-0.2, 0) is 13.0 Å². The van der Waals surface area contributed by atoms with Gasteiger partial charge in [-0.3, -0.25) is 9.98 Å². The van der Waals surface area contributed by atoms with Crippen molar-refractivity contribution in [2.75, 3.05) is 13.6 Å². The maximum absolute atomic E-state index is 13.3. The first kappa shape index (κ1) is 18.0. The summed E-state index contributed by atoms with van der Waals surface area (Å²) < 4.78 is 13.3. The summed E-state index contributed by atoms with van der Waals surface area (Å²) in [4.78, 5) is 11.9. The number of aromatic amines is 1. The number of halogens is 1. The Morgan fingerprint density at radius 1 is 1.11 bits per heavy atom. The van der Waals surface area contributed by atoms with E-state index in [0.29, 0.717) is 6.54 Å². The van der Waals surface area contributed by atoms with Crippen LogP contribution in [-0.4, -0.2) is 29.5 Å². The highest BCUT2D eigenvalue weighted by Crippen LogP contribution is 2.19. The summed E-state index contributed by atoms with van der Waals surface area (Å²) in [5.74, 6) is 0.505. The highest BCUT2D eigenvalue weighted by molar-refractivity contribution is 5.84. The highest BCUT2D eigenvalue weighted by atomic mass is 19.1. The lowest BCUT2D eigenvalue weighted by Crippen LogP contribution is -2.37. The topological polar surface area (TPSA) is 65.1 Å². The van der Waals surface area contributed by atoms with Crippen molar-refractivity contribution in [3.05, 3.63) is 77.9 Å². The fraction of sp³-hybridized carbons (Fsp3) is 0.182. The number of nitrogens with zero attached hydrogens (tertiary/aromatic N) is 2. The van der Waals surface area contributed by atoms with Crippen molar-refractivity contribution in [2.45, 2.75) is 13.0 Å². The third-order valence-corrected chi connectivity index (χ3v) is 4.80. The number of pyridine rings is 1. The molecule has 0 fully saturated rings. The average Bonchev–Trinajstić information content (AvgIpc) is 3.12. The van der Waals surface area contributed by atoms with Crippen molar-refractivity contribution in [1.29, 1.82) is 0 Å². The van der Waals surface area contributed by atoms with Crippen LogP contribution in [0.4, 0.5) is 4.39 Å². The zero-order valence-electron chi connectivity index (χ0n) is 15.7. The summed E-state index contributed by atoms with van der Waals surface area (Å²) in [6.45, 7) is 1.36. The van der Waals surface area contributed by atoms with Gasteiger partial charge in [0.15, 0.2) is 5.96 Å². The molecule has 3 N–H and O–H groups in total. The molecule has 2 aromatic heterocycles. The number of nitrogens with one attached hydrogen (secondary N) is 3. The Bertz CT molecular complexity index is 1130. The molecule has 0 radical (unpaired) electrons. The minimum absolute atomic E-state index is 0.230. The number of hydrogen-bond acceptors (Lipinski definition) is 2. The van der Waals surface area contributed by atoms with Crippen LogP contribution in [0.3, 0.4) is 0 Å². The van der Waals surface area contributed by atoms with Crippen molar-refractivity contribution in [2.24, 2.45) is 4.99 Å². The Morgan fingerprint density at radius 2 is 2.00 bits per heavy atom. The molecule has 142 valence electrons. The van der Waals surface area contributed by atoms with Crippen LogP contribution >= 0.6 is 0 Å². The summed E-state index contributed by atoms with van der Waals surface area (Å²) in [5, 5.41) is 8.85. The predicted molar refractivity (Wildman–Crippen MR) is 112 cm³/mol.